The van der Waals surface area contributed by atoms with E-state index < -0.39 is 13.2 Å². The molecule has 0 spiro atoms. The minimum Gasteiger partial charge on any atom is -0.403 e. The molecule has 218 valence electrons. The molecule has 0 fully saturated rings. The number of aromatic nitrogens is 2. The zero-order chi connectivity index (χ0) is 30.6. The number of para-hydroxylation sites is 1. The van der Waals surface area contributed by atoms with Gasteiger partial charge in [-0.2, -0.15) is 4.68 Å². The van der Waals surface area contributed by atoms with Crippen LogP contribution in [-0.4, -0.2) is 23.0 Å². The normalized spacial score (nSPS) is 11.7. The van der Waals surface area contributed by atoms with Gasteiger partial charge in [-0.1, -0.05) is 111 Å². The van der Waals surface area contributed by atoms with Crippen molar-refractivity contribution in [2.75, 3.05) is 5.32 Å². The number of anilines is 2. The lowest BCUT2D eigenvalue weighted by Crippen LogP contribution is -2.66. The minimum absolute atomic E-state index is 0.138. The third-order valence-electron chi connectivity index (χ3n) is 7.27. The van der Waals surface area contributed by atoms with Crippen LogP contribution in [0.5, 0.6) is 0 Å². The summed E-state index contributed by atoms with van der Waals surface area (Å²) in [6.07, 6.45) is 0. The quantitative estimate of drug-likeness (QED) is 0.114. The van der Waals surface area contributed by atoms with Crippen molar-refractivity contribution in [1.82, 2.24) is 9.78 Å². The Morgan fingerprint density at radius 2 is 1.49 bits per heavy atom. The van der Waals surface area contributed by atoms with E-state index in [1.807, 2.05) is 36.4 Å². The Labute approximate surface area is 255 Å². The third kappa shape index (κ3) is 6.15. The fourth-order valence-electron chi connectivity index (χ4n) is 5.29. The number of nitrogens with one attached hydrogen (secondary N) is 1. The van der Waals surface area contributed by atoms with Crippen molar-refractivity contribution in [3.63, 3.8) is 0 Å². The van der Waals surface area contributed by atoms with Crippen molar-refractivity contribution < 1.29 is 9.35 Å². The molecule has 1 heterocycles. The van der Waals surface area contributed by atoms with Gasteiger partial charge in [0.1, 0.15) is 5.69 Å². The van der Waals surface area contributed by atoms with Crippen LogP contribution >= 0.6 is 11.6 Å². The van der Waals surface area contributed by atoms with E-state index >= 15 is 0 Å². The molecule has 0 radical (unpaired) electrons. The largest absolute Gasteiger partial charge is 0.403 e. The molecule has 0 saturated carbocycles. The van der Waals surface area contributed by atoms with Crippen molar-refractivity contribution in [1.29, 1.82) is 0 Å². The maximum Gasteiger partial charge on any atom is 0.293 e. The Kier molecular flexibility index (Phi) is 8.58. The van der Waals surface area contributed by atoms with Gasteiger partial charge in [0, 0.05) is 12.1 Å². The lowest BCUT2D eigenvalue weighted by Gasteiger charge is -2.43. The monoisotopic (exact) mass is 610 g/mol. The van der Waals surface area contributed by atoms with Gasteiger partial charge in [0.25, 0.3) is 19.6 Å². The predicted molar refractivity (Wildman–Crippen MR) is 174 cm³/mol. The summed E-state index contributed by atoms with van der Waals surface area (Å²) in [6, 6.07) is 35.0. The van der Waals surface area contributed by atoms with Crippen molar-refractivity contribution >= 4 is 47.5 Å². The fourth-order valence-corrected chi connectivity index (χ4v) is 10.0. The maximum absolute atomic E-state index is 12.5. The summed E-state index contributed by atoms with van der Waals surface area (Å²) in [7, 11) is -2.84. The van der Waals surface area contributed by atoms with Gasteiger partial charge in [-0.3, -0.25) is 14.9 Å². The second-order valence-corrected chi connectivity index (χ2v) is 15.8. The topological polar surface area (TPSA) is 99.3 Å². The smallest absolute Gasteiger partial charge is 0.293 e. The van der Waals surface area contributed by atoms with Crippen LogP contribution in [0.2, 0.25) is 10.1 Å². The van der Waals surface area contributed by atoms with Crippen molar-refractivity contribution in [2.24, 2.45) is 0 Å². The SMILES string of the molecule is CC(C)(C)[Si](OCc1ccc(Nc2ccc(=O)n(-c3ccccc3Cl)n2)c([N+](=O)[O-])c1)(c1ccccc1)c1ccccc1. The number of nitro benzene ring substituents is 1. The summed E-state index contributed by atoms with van der Waals surface area (Å²) >= 11 is 6.28. The highest BCUT2D eigenvalue weighted by molar-refractivity contribution is 6.99. The maximum atomic E-state index is 12.5. The van der Waals surface area contributed by atoms with Crippen LogP contribution in [-0.2, 0) is 11.0 Å². The van der Waals surface area contributed by atoms with E-state index in [1.54, 1.807) is 36.4 Å². The molecule has 5 aromatic rings. The molecule has 0 saturated heterocycles. The highest BCUT2D eigenvalue weighted by atomic mass is 35.5. The summed E-state index contributed by atoms with van der Waals surface area (Å²) in [6.45, 7) is 6.74. The zero-order valence-electron chi connectivity index (χ0n) is 24.0. The molecule has 0 aliphatic carbocycles. The van der Waals surface area contributed by atoms with Gasteiger partial charge in [-0.15, -0.1) is 5.10 Å². The Hall–Kier alpha value is -4.57. The van der Waals surface area contributed by atoms with Crippen molar-refractivity contribution in [3.8, 4) is 5.69 Å². The van der Waals surface area contributed by atoms with Gasteiger partial charge < -0.3 is 9.74 Å². The van der Waals surface area contributed by atoms with Crippen LogP contribution in [0.1, 0.15) is 26.3 Å². The molecule has 0 aliphatic heterocycles. The van der Waals surface area contributed by atoms with Crippen LogP contribution in [0.25, 0.3) is 5.69 Å². The lowest BCUT2D eigenvalue weighted by atomic mass is 10.2. The Bertz CT molecular complexity index is 1770. The third-order valence-corrected chi connectivity index (χ3v) is 12.6. The number of hydrogen-bond donors (Lipinski definition) is 1. The molecule has 10 heteroatoms. The number of nitrogens with zero attached hydrogens (tertiary/aromatic N) is 3. The Balaban J connectivity index is 1.48. The van der Waals surface area contributed by atoms with Crippen LogP contribution in [0.3, 0.4) is 0 Å². The van der Waals surface area contributed by atoms with Gasteiger partial charge in [-0.25, -0.2) is 0 Å². The molecule has 0 aliphatic rings. The van der Waals surface area contributed by atoms with Gasteiger partial charge in [0.15, 0.2) is 5.82 Å². The lowest BCUT2D eigenvalue weighted by molar-refractivity contribution is -0.384. The first kappa shape index (κ1) is 29.9. The summed E-state index contributed by atoms with van der Waals surface area (Å²) in [5.74, 6) is 0.249. The second kappa shape index (κ2) is 12.3. The number of rotatable bonds is 9. The molecule has 8 nitrogen and oxygen atoms in total. The van der Waals surface area contributed by atoms with E-state index in [0.29, 0.717) is 16.3 Å². The van der Waals surface area contributed by atoms with Crippen molar-refractivity contribution in [2.45, 2.75) is 32.4 Å². The molecule has 4 aromatic carbocycles. The van der Waals surface area contributed by atoms with Gasteiger partial charge >= 0.3 is 0 Å². The average molecular weight is 611 g/mol. The van der Waals surface area contributed by atoms with Crippen LogP contribution in [0.4, 0.5) is 17.2 Å². The molecule has 0 bridgehead atoms. The van der Waals surface area contributed by atoms with Gasteiger partial charge in [0.05, 0.1) is 22.2 Å². The van der Waals surface area contributed by atoms with Crippen LogP contribution in [0, 0.1) is 10.1 Å². The number of hydrogen-bond acceptors (Lipinski definition) is 6. The van der Waals surface area contributed by atoms with Gasteiger partial charge in [0.2, 0.25) is 0 Å². The van der Waals surface area contributed by atoms with E-state index in [-0.39, 0.29) is 34.4 Å². The minimum atomic E-state index is -2.84. The Morgan fingerprint density at radius 3 is 2.07 bits per heavy atom. The molecular weight excluding hydrogens is 580 g/mol. The average Bonchev–Trinajstić information content (AvgIpc) is 3.00. The molecule has 5 rings (SSSR count). The van der Waals surface area contributed by atoms with E-state index in [1.165, 1.54) is 18.2 Å². The highest BCUT2D eigenvalue weighted by Gasteiger charge is 2.50. The van der Waals surface area contributed by atoms with Crippen molar-refractivity contribution in [3.05, 3.63) is 146 Å². The first-order valence-electron chi connectivity index (χ1n) is 13.7. The van der Waals surface area contributed by atoms with Gasteiger partial charge in [-0.05, 0) is 45.2 Å². The summed E-state index contributed by atoms with van der Waals surface area (Å²) in [5, 5.41) is 21.9. The van der Waals surface area contributed by atoms with Crippen LogP contribution < -0.4 is 21.2 Å². The molecule has 1 aromatic heterocycles. The molecule has 0 atom stereocenters. The van der Waals surface area contributed by atoms with Crippen LogP contribution in [0.15, 0.2) is 120 Å². The number of benzene rings is 4. The zero-order valence-corrected chi connectivity index (χ0v) is 25.8. The van der Waals surface area contributed by atoms with E-state index in [4.69, 9.17) is 16.0 Å². The van der Waals surface area contributed by atoms with E-state index in [2.05, 4.69) is 55.5 Å². The molecular formula is C33H31ClN4O4Si. The summed E-state index contributed by atoms with van der Waals surface area (Å²) < 4.78 is 8.12. The number of nitro groups is 1. The summed E-state index contributed by atoms with van der Waals surface area (Å²) in [5.41, 5.74) is 0.781. The molecule has 1 N–H and O–H groups in total. The molecule has 43 heavy (non-hydrogen) atoms. The van der Waals surface area contributed by atoms with E-state index in [9.17, 15) is 14.9 Å². The first-order chi connectivity index (χ1) is 20.6. The Morgan fingerprint density at radius 1 is 0.884 bits per heavy atom. The predicted octanol–water partition coefficient (Wildman–Crippen LogP) is 6.61. The molecule has 0 amide bonds. The van der Waals surface area contributed by atoms with E-state index in [0.717, 1.165) is 15.1 Å². The second-order valence-electron chi connectivity index (χ2n) is 11.1. The highest BCUT2D eigenvalue weighted by Crippen LogP contribution is 2.38. The fraction of sp³-hybridized carbons (Fsp3) is 0.152. The molecule has 0 unspecified atom stereocenters. The summed E-state index contributed by atoms with van der Waals surface area (Å²) in [4.78, 5) is 24.3. The first-order valence-corrected chi connectivity index (χ1v) is 16.0. The standard InChI is InChI=1S/C33H31ClN4O4Si/c1-33(2,3)43(25-12-6-4-7-13-25,26-14-8-5-9-15-26)42-23-24-18-19-28(30(22-24)38(40)41)35-31-20-21-32(39)37(36-31)29-17-11-10-16-27(29)34/h4-22H,23H2,1-3H3,(H,35,36). The number of halogens is 1.